The van der Waals surface area contributed by atoms with Crippen LogP contribution in [-0.2, 0) is 15.0 Å². The second kappa shape index (κ2) is 6.69. The summed E-state index contributed by atoms with van der Waals surface area (Å²) in [6.45, 7) is 0.545. The average molecular weight is 318 g/mol. The van der Waals surface area contributed by atoms with Gasteiger partial charge in [-0.2, -0.15) is 0 Å². The fourth-order valence-electron chi connectivity index (χ4n) is 3.79. The van der Waals surface area contributed by atoms with Crippen molar-refractivity contribution in [1.82, 2.24) is 10.6 Å². The van der Waals surface area contributed by atoms with Crippen molar-refractivity contribution in [3.63, 3.8) is 0 Å². The molecule has 2 amide bonds. The molecule has 2 N–H and O–H groups in total. The molecule has 1 saturated carbocycles. The average Bonchev–Trinajstić information content (AvgIpc) is 3.01. The van der Waals surface area contributed by atoms with Crippen LogP contribution in [0.25, 0.3) is 0 Å². The monoisotopic (exact) mass is 318 g/mol. The minimum absolute atomic E-state index is 0.0592. The van der Waals surface area contributed by atoms with Crippen LogP contribution >= 0.6 is 0 Å². The Kier molecular flexibility index (Phi) is 4.64. The van der Waals surface area contributed by atoms with Crippen LogP contribution in [-0.4, -0.2) is 24.4 Å². The number of hydrogen-bond acceptors (Lipinski definition) is 2. The molecule has 0 aromatic heterocycles. The maximum absolute atomic E-state index is 13.2. The smallest absolute Gasteiger partial charge is 0.242 e. The van der Waals surface area contributed by atoms with Crippen molar-refractivity contribution < 1.29 is 14.0 Å². The number of hydrogen-bond donors (Lipinski definition) is 2. The number of carbonyl (C=O) groups is 2. The van der Waals surface area contributed by atoms with Crippen LogP contribution in [0.15, 0.2) is 24.3 Å². The zero-order chi connectivity index (χ0) is 16.3. The van der Waals surface area contributed by atoms with Gasteiger partial charge in [0.25, 0.3) is 0 Å². The fourth-order valence-corrected chi connectivity index (χ4v) is 3.79. The highest BCUT2D eigenvalue weighted by molar-refractivity contribution is 5.90. The molecule has 1 aromatic rings. The van der Waals surface area contributed by atoms with E-state index in [2.05, 4.69) is 10.6 Å². The maximum atomic E-state index is 13.2. The van der Waals surface area contributed by atoms with Crippen LogP contribution in [0.4, 0.5) is 4.39 Å². The number of halogens is 1. The Balaban J connectivity index is 1.70. The van der Waals surface area contributed by atoms with Gasteiger partial charge in [-0.3, -0.25) is 9.59 Å². The van der Waals surface area contributed by atoms with Crippen LogP contribution in [0, 0.1) is 5.82 Å². The predicted octanol–water partition coefficient (Wildman–Crippen LogP) is 2.42. The van der Waals surface area contributed by atoms with Crippen LogP contribution in [0.2, 0.25) is 0 Å². The topological polar surface area (TPSA) is 58.2 Å². The highest BCUT2D eigenvalue weighted by Crippen LogP contribution is 2.39. The second-order valence-corrected chi connectivity index (χ2v) is 6.72. The molecule has 0 spiro atoms. The molecule has 2 aliphatic rings. The summed E-state index contributed by atoms with van der Waals surface area (Å²) >= 11 is 0. The van der Waals surface area contributed by atoms with Gasteiger partial charge in [0.2, 0.25) is 11.8 Å². The highest BCUT2D eigenvalue weighted by Gasteiger charge is 2.35. The van der Waals surface area contributed by atoms with Crippen LogP contribution in [0.5, 0.6) is 0 Å². The third-order valence-corrected chi connectivity index (χ3v) is 5.18. The lowest BCUT2D eigenvalue weighted by molar-refractivity contribution is -0.126. The number of rotatable bonds is 4. The van der Waals surface area contributed by atoms with E-state index in [0.717, 1.165) is 31.2 Å². The molecule has 1 aliphatic heterocycles. The Hall–Kier alpha value is -1.91. The Morgan fingerprint density at radius 1 is 1.22 bits per heavy atom. The first-order valence-corrected chi connectivity index (χ1v) is 8.42. The summed E-state index contributed by atoms with van der Waals surface area (Å²) in [5, 5.41) is 5.72. The summed E-state index contributed by atoms with van der Waals surface area (Å²) in [6, 6.07) is 6.25. The summed E-state index contributed by atoms with van der Waals surface area (Å²) in [5.74, 6) is -0.406. The molecular formula is C18H23FN2O2. The van der Waals surface area contributed by atoms with Gasteiger partial charge >= 0.3 is 0 Å². The third-order valence-electron chi connectivity index (χ3n) is 5.18. The van der Waals surface area contributed by atoms with Crippen molar-refractivity contribution in [1.29, 1.82) is 0 Å². The van der Waals surface area contributed by atoms with E-state index in [1.165, 1.54) is 18.6 Å². The molecule has 0 radical (unpaired) electrons. The van der Waals surface area contributed by atoms with Gasteiger partial charge < -0.3 is 10.6 Å². The minimum atomic E-state index is -0.406. The van der Waals surface area contributed by atoms with E-state index in [1.54, 1.807) is 0 Å². The number of benzene rings is 1. The molecular weight excluding hydrogens is 295 g/mol. The first-order chi connectivity index (χ1) is 11.1. The van der Waals surface area contributed by atoms with E-state index in [0.29, 0.717) is 19.4 Å². The molecule has 124 valence electrons. The SMILES string of the molecule is O=C1CC[C@H](C(=O)NCC2(c3ccc(F)cc3)CCCCC2)N1. The zero-order valence-electron chi connectivity index (χ0n) is 13.2. The molecule has 2 fully saturated rings. The highest BCUT2D eigenvalue weighted by atomic mass is 19.1. The summed E-state index contributed by atoms with van der Waals surface area (Å²) in [6.07, 6.45) is 6.41. The molecule has 1 aliphatic carbocycles. The third kappa shape index (κ3) is 3.54. The Bertz CT molecular complexity index is 579. The Morgan fingerprint density at radius 2 is 1.91 bits per heavy atom. The molecule has 0 unspecified atom stereocenters. The number of amides is 2. The first-order valence-electron chi connectivity index (χ1n) is 8.42. The van der Waals surface area contributed by atoms with E-state index in [1.807, 2.05) is 12.1 Å². The second-order valence-electron chi connectivity index (χ2n) is 6.72. The molecule has 23 heavy (non-hydrogen) atoms. The van der Waals surface area contributed by atoms with Gasteiger partial charge in [-0.1, -0.05) is 31.4 Å². The Morgan fingerprint density at radius 3 is 2.52 bits per heavy atom. The van der Waals surface area contributed by atoms with Crippen LogP contribution in [0.1, 0.15) is 50.5 Å². The summed E-state index contributed by atoms with van der Waals surface area (Å²) in [5.41, 5.74) is 0.971. The minimum Gasteiger partial charge on any atom is -0.353 e. The molecule has 1 saturated heterocycles. The van der Waals surface area contributed by atoms with Crippen LogP contribution < -0.4 is 10.6 Å². The van der Waals surface area contributed by atoms with Gasteiger partial charge in [0, 0.05) is 18.4 Å². The van der Waals surface area contributed by atoms with E-state index in [9.17, 15) is 14.0 Å². The summed E-state index contributed by atoms with van der Waals surface area (Å²) in [4.78, 5) is 23.5. The van der Waals surface area contributed by atoms with Crippen molar-refractivity contribution in [3.05, 3.63) is 35.6 Å². The molecule has 1 atom stereocenters. The lowest BCUT2D eigenvalue weighted by Gasteiger charge is -2.38. The largest absolute Gasteiger partial charge is 0.353 e. The van der Waals surface area contributed by atoms with Gasteiger partial charge in [0.15, 0.2) is 0 Å². The normalized spacial score (nSPS) is 23.3. The zero-order valence-corrected chi connectivity index (χ0v) is 13.2. The lowest BCUT2D eigenvalue weighted by Crippen LogP contribution is -2.48. The van der Waals surface area contributed by atoms with Gasteiger partial charge in [0.05, 0.1) is 0 Å². The molecule has 5 heteroatoms. The molecule has 1 aromatic carbocycles. The standard InChI is InChI=1S/C18H23FN2O2/c19-14-6-4-13(5-7-14)18(10-2-1-3-11-18)12-20-17(23)15-8-9-16(22)21-15/h4-7,15H,1-3,8-12H2,(H,20,23)(H,21,22)/t15-/m1/s1. The number of carbonyl (C=O) groups excluding carboxylic acids is 2. The fraction of sp³-hybridized carbons (Fsp3) is 0.556. The Labute approximate surface area is 135 Å². The van der Waals surface area contributed by atoms with Gasteiger partial charge in [-0.25, -0.2) is 4.39 Å². The van der Waals surface area contributed by atoms with E-state index in [4.69, 9.17) is 0 Å². The molecule has 0 bridgehead atoms. The summed E-state index contributed by atoms with van der Waals surface area (Å²) in [7, 11) is 0. The quantitative estimate of drug-likeness (QED) is 0.896. The predicted molar refractivity (Wildman–Crippen MR) is 85.3 cm³/mol. The maximum Gasteiger partial charge on any atom is 0.242 e. The summed E-state index contributed by atoms with van der Waals surface area (Å²) < 4.78 is 13.2. The van der Waals surface area contributed by atoms with Gasteiger partial charge in [-0.15, -0.1) is 0 Å². The molecule has 1 heterocycles. The van der Waals surface area contributed by atoms with E-state index in [-0.39, 0.29) is 23.0 Å². The molecule has 4 nitrogen and oxygen atoms in total. The molecule has 3 rings (SSSR count). The first kappa shape index (κ1) is 16.0. The van der Waals surface area contributed by atoms with E-state index >= 15 is 0 Å². The van der Waals surface area contributed by atoms with Crippen molar-refractivity contribution in [3.8, 4) is 0 Å². The van der Waals surface area contributed by atoms with Crippen molar-refractivity contribution in [2.45, 2.75) is 56.4 Å². The lowest BCUT2D eigenvalue weighted by atomic mass is 9.69. The van der Waals surface area contributed by atoms with Gasteiger partial charge in [0.1, 0.15) is 11.9 Å². The van der Waals surface area contributed by atoms with Gasteiger partial charge in [-0.05, 0) is 37.0 Å². The van der Waals surface area contributed by atoms with Crippen LogP contribution in [0.3, 0.4) is 0 Å². The van der Waals surface area contributed by atoms with E-state index < -0.39 is 6.04 Å². The van der Waals surface area contributed by atoms with Crippen molar-refractivity contribution >= 4 is 11.8 Å². The van der Waals surface area contributed by atoms with Crippen molar-refractivity contribution in [2.24, 2.45) is 0 Å². The van der Waals surface area contributed by atoms with Crippen molar-refractivity contribution in [2.75, 3.05) is 6.54 Å². The number of nitrogens with one attached hydrogen (secondary N) is 2.